The molecule has 106 valence electrons. The van der Waals surface area contributed by atoms with E-state index >= 15 is 0 Å². The Morgan fingerprint density at radius 3 is 2.60 bits per heavy atom. The maximum Gasteiger partial charge on any atom is 0.129 e. The average Bonchev–Trinajstić information content (AvgIpc) is 2.46. The fourth-order valence-electron chi connectivity index (χ4n) is 2.26. The zero-order chi connectivity index (χ0) is 14.5. The molecule has 20 heavy (non-hydrogen) atoms. The Morgan fingerprint density at radius 1 is 1.20 bits per heavy atom. The normalized spacial score (nSPS) is 12.2. The van der Waals surface area contributed by atoms with Crippen LogP contribution in [0.4, 0.5) is 4.39 Å². The highest BCUT2D eigenvalue weighted by Gasteiger charge is 2.22. The highest BCUT2D eigenvalue weighted by Crippen LogP contribution is 2.35. The quantitative estimate of drug-likeness (QED) is 0.878. The smallest absolute Gasteiger partial charge is 0.129 e. The van der Waals surface area contributed by atoms with Gasteiger partial charge < -0.3 is 10.1 Å². The Labute approximate surface area is 127 Å². The minimum Gasteiger partial charge on any atom is -0.496 e. The van der Waals surface area contributed by atoms with Gasteiger partial charge in [-0.1, -0.05) is 47.1 Å². The molecule has 0 bridgehead atoms. The van der Waals surface area contributed by atoms with E-state index in [4.69, 9.17) is 4.74 Å². The Balaban J connectivity index is 2.56. The third-order valence-electron chi connectivity index (χ3n) is 3.15. The molecular weight excluding hydrogens is 321 g/mol. The van der Waals surface area contributed by atoms with Crippen LogP contribution in [0.5, 0.6) is 5.75 Å². The number of methoxy groups -OCH3 is 1. The van der Waals surface area contributed by atoms with Crippen LogP contribution in [0.3, 0.4) is 0 Å². The first kappa shape index (κ1) is 15.0. The summed E-state index contributed by atoms with van der Waals surface area (Å²) < 4.78 is 20.4. The van der Waals surface area contributed by atoms with E-state index in [1.165, 1.54) is 6.07 Å². The minimum absolute atomic E-state index is 0.240. The summed E-state index contributed by atoms with van der Waals surface area (Å²) >= 11 is 3.44. The number of halogens is 2. The van der Waals surface area contributed by atoms with Gasteiger partial charge in [0.1, 0.15) is 11.6 Å². The second kappa shape index (κ2) is 6.86. The van der Waals surface area contributed by atoms with Gasteiger partial charge in [-0.15, -0.1) is 0 Å². The highest BCUT2D eigenvalue weighted by molar-refractivity contribution is 9.10. The van der Waals surface area contributed by atoms with E-state index < -0.39 is 0 Å². The van der Waals surface area contributed by atoms with Gasteiger partial charge in [0.15, 0.2) is 0 Å². The maximum atomic E-state index is 14.2. The van der Waals surface area contributed by atoms with Crippen LogP contribution < -0.4 is 10.1 Å². The number of para-hydroxylation sites is 1. The van der Waals surface area contributed by atoms with E-state index in [9.17, 15) is 4.39 Å². The summed E-state index contributed by atoms with van der Waals surface area (Å²) in [6, 6.07) is 12.4. The number of hydrogen-bond donors (Lipinski definition) is 1. The number of ether oxygens (including phenoxy) is 1. The van der Waals surface area contributed by atoms with Gasteiger partial charge in [-0.05, 0) is 24.7 Å². The van der Waals surface area contributed by atoms with E-state index in [0.29, 0.717) is 5.56 Å². The van der Waals surface area contributed by atoms with Crippen molar-refractivity contribution in [1.29, 1.82) is 0 Å². The van der Waals surface area contributed by atoms with Crippen molar-refractivity contribution >= 4 is 15.9 Å². The predicted molar refractivity (Wildman–Crippen MR) is 82.6 cm³/mol. The van der Waals surface area contributed by atoms with Gasteiger partial charge in [-0.2, -0.15) is 0 Å². The standard InChI is InChI=1S/C16H17BrFNO/c1-3-19-16(11-7-4-5-10-14(11)20-2)15-12(17)8-6-9-13(15)18/h4-10,16,19H,3H2,1-2H3. The molecule has 0 aromatic heterocycles. The molecule has 0 saturated heterocycles. The SMILES string of the molecule is CCNC(c1ccccc1OC)c1c(F)cccc1Br. The summed E-state index contributed by atoms with van der Waals surface area (Å²) in [6.07, 6.45) is 0. The predicted octanol–water partition coefficient (Wildman–Crippen LogP) is 4.30. The van der Waals surface area contributed by atoms with Crippen molar-refractivity contribution in [2.24, 2.45) is 0 Å². The molecule has 4 heteroatoms. The Hall–Kier alpha value is -1.39. The summed E-state index contributed by atoms with van der Waals surface area (Å²) in [6.45, 7) is 2.72. The third-order valence-corrected chi connectivity index (χ3v) is 3.84. The van der Waals surface area contributed by atoms with Crippen molar-refractivity contribution < 1.29 is 9.13 Å². The number of rotatable bonds is 5. The number of hydrogen-bond acceptors (Lipinski definition) is 2. The molecule has 1 unspecified atom stereocenters. The number of nitrogens with one attached hydrogen (secondary N) is 1. The lowest BCUT2D eigenvalue weighted by Crippen LogP contribution is -2.24. The van der Waals surface area contributed by atoms with Crippen LogP contribution in [0.2, 0.25) is 0 Å². The fourth-order valence-corrected chi connectivity index (χ4v) is 2.83. The van der Waals surface area contributed by atoms with Gasteiger partial charge in [0, 0.05) is 15.6 Å². The fraction of sp³-hybridized carbons (Fsp3) is 0.250. The van der Waals surface area contributed by atoms with Gasteiger partial charge in [0.25, 0.3) is 0 Å². The summed E-state index contributed by atoms with van der Waals surface area (Å²) in [7, 11) is 1.62. The third kappa shape index (κ3) is 3.02. The van der Waals surface area contributed by atoms with Gasteiger partial charge >= 0.3 is 0 Å². The molecular formula is C16H17BrFNO. The topological polar surface area (TPSA) is 21.3 Å². The molecule has 2 aromatic rings. The van der Waals surface area contributed by atoms with Crippen molar-refractivity contribution in [2.75, 3.05) is 13.7 Å². The van der Waals surface area contributed by atoms with E-state index in [1.807, 2.05) is 37.3 Å². The zero-order valence-corrected chi connectivity index (χ0v) is 13.1. The molecule has 0 saturated carbocycles. The van der Waals surface area contributed by atoms with Crippen LogP contribution in [0.15, 0.2) is 46.9 Å². The van der Waals surface area contributed by atoms with Crippen LogP contribution in [0.25, 0.3) is 0 Å². The van der Waals surface area contributed by atoms with Gasteiger partial charge in [-0.25, -0.2) is 4.39 Å². The molecule has 0 radical (unpaired) electrons. The van der Waals surface area contributed by atoms with Gasteiger partial charge in [-0.3, -0.25) is 0 Å². The van der Waals surface area contributed by atoms with Crippen molar-refractivity contribution in [3.05, 3.63) is 63.9 Å². The Kier molecular flexibility index (Phi) is 5.15. The first-order chi connectivity index (χ1) is 9.69. The average molecular weight is 338 g/mol. The lowest BCUT2D eigenvalue weighted by Gasteiger charge is -2.22. The molecule has 1 N–H and O–H groups in total. The Morgan fingerprint density at radius 2 is 1.95 bits per heavy atom. The molecule has 0 amide bonds. The van der Waals surface area contributed by atoms with Crippen LogP contribution in [-0.2, 0) is 0 Å². The van der Waals surface area contributed by atoms with Crippen molar-refractivity contribution in [2.45, 2.75) is 13.0 Å². The highest BCUT2D eigenvalue weighted by atomic mass is 79.9. The number of benzene rings is 2. The molecule has 2 aromatic carbocycles. The summed E-state index contributed by atoms with van der Waals surface area (Å²) in [5.41, 5.74) is 1.52. The van der Waals surface area contributed by atoms with E-state index in [-0.39, 0.29) is 11.9 Å². The second-order valence-corrected chi connectivity index (χ2v) is 5.22. The molecule has 2 nitrogen and oxygen atoms in total. The maximum absolute atomic E-state index is 14.2. The van der Waals surface area contributed by atoms with Crippen molar-refractivity contribution in [3.8, 4) is 5.75 Å². The molecule has 0 heterocycles. The zero-order valence-electron chi connectivity index (χ0n) is 11.5. The first-order valence-electron chi connectivity index (χ1n) is 6.49. The molecule has 0 aliphatic rings. The minimum atomic E-state index is -0.258. The van der Waals surface area contributed by atoms with Crippen LogP contribution >= 0.6 is 15.9 Å². The van der Waals surface area contributed by atoms with Gasteiger partial charge in [0.05, 0.1) is 13.2 Å². The van der Waals surface area contributed by atoms with Crippen LogP contribution in [0, 0.1) is 5.82 Å². The lowest BCUT2D eigenvalue weighted by molar-refractivity contribution is 0.403. The van der Waals surface area contributed by atoms with Crippen molar-refractivity contribution in [3.63, 3.8) is 0 Å². The van der Waals surface area contributed by atoms with E-state index in [1.54, 1.807) is 13.2 Å². The largest absolute Gasteiger partial charge is 0.496 e. The van der Waals surface area contributed by atoms with E-state index in [0.717, 1.165) is 22.3 Å². The second-order valence-electron chi connectivity index (χ2n) is 4.37. The summed E-state index contributed by atoms with van der Waals surface area (Å²) in [5.74, 6) is 0.504. The van der Waals surface area contributed by atoms with Gasteiger partial charge in [0.2, 0.25) is 0 Å². The summed E-state index contributed by atoms with van der Waals surface area (Å²) in [5, 5.41) is 3.32. The van der Waals surface area contributed by atoms with E-state index in [2.05, 4.69) is 21.2 Å². The Bertz CT molecular complexity index is 568. The van der Waals surface area contributed by atoms with Crippen LogP contribution in [0.1, 0.15) is 24.1 Å². The molecule has 0 spiro atoms. The molecule has 2 rings (SSSR count). The monoisotopic (exact) mass is 337 g/mol. The molecule has 0 aliphatic carbocycles. The van der Waals surface area contributed by atoms with Crippen molar-refractivity contribution in [1.82, 2.24) is 5.32 Å². The molecule has 0 aliphatic heterocycles. The summed E-state index contributed by atoms with van der Waals surface area (Å²) in [4.78, 5) is 0. The first-order valence-corrected chi connectivity index (χ1v) is 7.28. The molecule has 1 atom stereocenters. The lowest BCUT2D eigenvalue weighted by atomic mass is 9.97. The molecule has 0 fully saturated rings. The van der Waals surface area contributed by atoms with Crippen LogP contribution in [-0.4, -0.2) is 13.7 Å².